The quantitative estimate of drug-likeness (QED) is 0.879. The number of thiophene rings is 1. The second-order valence-corrected chi connectivity index (χ2v) is 5.72. The Morgan fingerprint density at radius 2 is 1.91 bits per heavy atom. The summed E-state index contributed by atoms with van der Waals surface area (Å²) in [6.07, 6.45) is 0.298. The number of nitrogens with one attached hydrogen (secondary N) is 1. The second-order valence-electron chi connectivity index (χ2n) is 4.70. The van der Waals surface area contributed by atoms with Crippen LogP contribution in [0.5, 0.6) is 5.75 Å². The fourth-order valence-corrected chi connectivity index (χ4v) is 3.17. The monoisotopic (exact) mass is 319 g/mol. The maximum atomic E-state index is 11.6. The van der Waals surface area contributed by atoms with Crippen LogP contribution in [0.15, 0.2) is 24.3 Å². The zero-order valence-electron chi connectivity index (χ0n) is 12.6. The molecule has 0 saturated carbocycles. The molecule has 0 spiro atoms. The molecule has 0 saturated heterocycles. The van der Waals surface area contributed by atoms with Gasteiger partial charge in [-0.15, -0.1) is 11.3 Å². The van der Waals surface area contributed by atoms with Gasteiger partial charge < -0.3 is 15.2 Å². The van der Waals surface area contributed by atoms with Gasteiger partial charge in [-0.1, -0.05) is 6.92 Å². The Balaban J connectivity index is 2.50. The molecule has 22 heavy (non-hydrogen) atoms. The summed E-state index contributed by atoms with van der Waals surface area (Å²) < 4.78 is 5.12. The van der Waals surface area contributed by atoms with Crippen LogP contribution >= 0.6 is 11.3 Å². The maximum Gasteiger partial charge on any atom is 0.348 e. The highest BCUT2D eigenvalue weighted by Gasteiger charge is 2.22. The van der Waals surface area contributed by atoms with Crippen LogP contribution in [-0.4, -0.2) is 24.1 Å². The van der Waals surface area contributed by atoms with Crippen LogP contribution in [0.4, 0.5) is 5.69 Å². The van der Waals surface area contributed by atoms with E-state index in [0.29, 0.717) is 12.1 Å². The lowest BCUT2D eigenvalue weighted by molar-refractivity contribution is -0.115. The van der Waals surface area contributed by atoms with Crippen molar-refractivity contribution in [2.24, 2.45) is 0 Å². The first kappa shape index (κ1) is 16.0. The minimum atomic E-state index is -1.04. The van der Waals surface area contributed by atoms with Crippen molar-refractivity contribution in [1.29, 1.82) is 0 Å². The number of carboxylic acids is 1. The highest BCUT2D eigenvalue weighted by Crippen LogP contribution is 2.40. The van der Waals surface area contributed by atoms with E-state index in [0.717, 1.165) is 33.1 Å². The first-order valence-corrected chi connectivity index (χ1v) is 7.60. The number of hydrogen-bond donors (Lipinski definition) is 2. The number of anilines is 1. The molecule has 0 atom stereocenters. The molecule has 5 nitrogen and oxygen atoms in total. The first-order valence-electron chi connectivity index (χ1n) is 6.78. The molecular formula is C16H17NO4S. The Labute approximate surface area is 132 Å². The van der Waals surface area contributed by atoms with Gasteiger partial charge in [-0.05, 0) is 42.3 Å². The smallest absolute Gasteiger partial charge is 0.348 e. The number of rotatable bonds is 5. The Hall–Kier alpha value is -2.34. The Kier molecular flexibility index (Phi) is 4.82. The van der Waals surface area contributed by atoms with Gasteiger partial charge in [0, 0.05) is 11.3 Å². The van der Waals surface area contributed by atoms with E-state index in [4.69, 9.17) is 4.74 Å². The zero-order valence-corrected chi connectivity index (χ0v) is 13.4. The van der Waals surface area contributed by atoms with E-state index in [2.05, 4.69) is 5.32 Å². The van der Waals surface area contributed by atoms with Crippen molar-refractivity contribution in [2.45, 2.75) is 20.3 Å². The van der Waals surface area contributed by atoms with E-state index in [9.17, 15) is 14.7 Å². The fraction of sp³-hybridized carbons (Fsp3) is 0.250. The molecule has 1 aromatic carbocycles. The zero-order chi connectivity index (χ0) is 16.3. The predicted molar refractivity (Wildman–Crippen MR) is 86.9 cm³/mol. The molecule has 0 fully saturated rings. The molecular weight excluding hydrogens is 302 g/mol. The topological polar surface area (TPSA) is 75.6 Å². The summed E-state index contributed by atoms with van der Waals surface area (Å²) in [7, 11) is 1.59. The third kappa shape index (κ3) is 3.12. The van der Waals surface area contributed by atoms with Crippen LogP contribution in [0.2, 0.25) is 0 Å². The maximum absolute atomic E-state index is 11.6. The standard InChI is InChI=1S/C16H17NO4S/c1-4-12(18)17-13-9(2)14(22-15(13)16(19)20)10-5-7-11(21-3)8-6-10/h5-8H,4H2,1-3H3,(H,17,18)(H,19,20). The summed E-state index contributed by atoms with van der Waals surface area (Å²) in [6.45, 7) is 3.54. The van der Waals surface area contributed by atoms with Crippen molar-refractivity contribution in [3.63, 3.8) is 0 Å². The van der Waals surface area contributed by atoms with Crippen molar-refractivity contribution in [3.8, 4) is 16.2 Å². The van der Waals surface area contributed by atoms with Gasteiger partial charge in [-0.3, -0.25) is 4.79 Å². The van der Waals surface area contributed by atoms with Crippen molar-refractivity contribution in [2.75, 3.05) is 12.4 Å². The van der Waals surface area contributed by atoms with E-state index in [1.54, 1.807) is 14.0 Å². The van der Waals surface area contributed by atoms with Crippen LogP contribution in [-0.2, 0) is 4.79 Å². The Morgan fingerprint density at radius 1 is 1.27 bits per heavy atom. The minimum Gasteiger partial charge on any atom is -0.497 e. The van der Waals surface area contributed by atoms with E-state index >= 15 is 0 Å². The van der Waals surface area contributed by atoms with Gasteiger partial charge in [0.1, 0.15) is 10.6 Å². The van der Waals surface area contributed by atoms with Gasteiger partial charge in [0.2, 0.25) is 5.91 Å². The molecule has 0 unspecified atom stereocenters. The number of hydrogen-bond acceptors (Lipinski definition) is 4. The predicted octanol–water partition coefficient (Wildman–Crippen LogP) is 3.78. The van der Waals surface area contributed by atoms with E-state index < -0.39 is 5.97 Å². The van der Waals surface area contributed by atoms with Gasteiger partial charge in [0.15, 0.2) is 0 Å². The van der Waals surface area contributed by atoms with Crippen molar-refractivity contribution in [3.05, 3.63) is 34.7 Å². The van der Waals surface area contributed by atoms with Crippen LogP contribution in [0, 0.1) is 6.92 Å². The summed E-state index contributed by atoms with van der Waals surface area (Å²) in [5.41, 5.74) is 2.03. The lowest BCUT2D eigenvalue weighted by Crippen LogP contribution is -2.12. The molecule has 0 radical (unpaired) electrons. The van der Waals surface area contributed by atoms with Gasteiger partial charge in [-0.2, -0.15) is 0 Å². The van der Waals surface area contributed by atoms with Crippen LogP contribution < -0.4 is 10.1 Å². The number of methoxy groups -OCH3 is 1. The number of ether oxygens (including phenoxy) is 1. The minimum absolute atomic E-state index is 0.144. The Morgan fingerprint density at radius 3 is 2.41 bits per heavy atom. The third-order valence-electron chi connectivity index (χ3n) is 3.28. The van der Waals surface area contributed by atoms with E-state index in [1.165, 1.54) is 0 Å². The molecule has 1 aromatic heterocycles. The number of amides is 1. The highest BCUT2D eigenvalue weighted by atomic mass is 32.1. The van der Waals surface area contributed by atoms with Crippen LogP contribution in [0.3, 0.4) is 0 Å². The van der Waals surface area contributed by atoms with Crippen LogP contribution in [0.1, 0.15) is 28.6 Å². The number of aromatic carboxylic acids is 1. The normalized spacial score (nSPS) is 10.3. The van der Waals surface area contributed by atoms with E-state index in [-0.39, 0.29) is 10.8 Å². The molecule has 116 valence electrons. The van der Waals surface area contributed by atoms with Gasteiger partial charge in [-0.25, -0.2) is 4.79 Å². The molecule has 1 heterocycles. The van der Waals surface area contributed by atoms with Crippen molar-refractivity contribution in [1.82, 2.24) is 0 Å². The number of carbonyl (C=O) groups excluding carboxylic acids is 1. The summed E-state index contributed by atoms with van der Waals surface area (Å²) in [5, 5.41) is 12.0. The summed E-state index contributed by atoms with van der Waals surface area (Å²) >= 11 is 1.16. The van der Waals surface area contributed by atoms with Crippen molar-refractivity contribution < 1.29 is 19.4 Å². The molecule has 2 N–H and O–H groups in total. The van der Waals surface area contributed by atoms with Crippen molar-refractivity contribution >= 4 is 28.9 Å². The molecule has 6 heteroatoms. The molecule has 1 amide bonds. The van der Waals surface area contributed by atoms with E-state index in [1.807, 2.05) is 31.2 Å². The molecule has 2 aromatic rings. The SMILES string of the molecule is CCC(=O)Nc1c(C(=O)O)sc(-c2ccc(OC)cc2)c1C. The first-order chi connectivity index (χ1) is 10.5. The summed E-state index contributed by atoms with van der Waals surface area (Å²) in [4.78, 5) is 24.0. The average molecular weight is 319 g/mol. The van der Waals surface area contributed by atoms with Crippen LogP contribution in [0.25, 0.3) is 10.4 Å². The fourth-order valence-electron chi connectivity index (χ4n) is 2.06. The Bertz CT molecular complexity index is 704. The lowest BCUT2D eigenvalue weighted by atomic mass is 10.1. The third-order valence-corrected chi connectivity index (χ3v) is 4.61. The lowest BCUT2D eigenvalue weighted by Gasteiger charge is -2.06. The molecule has 0 bridgehead atoms. The number of carboxylic acid groups (broad SMARTS) is 1. The largest absolute Gasteiger partial charge is 0.497 e. The summed E-state index contributed by atoms with van der Waals surface area (Å²) in [5.74, 6) is -0.514. The van der Waals surface area contributed by atoms with Gasteiger partial charge in [0.05, 0.1) is 12.8 Å². The van der Waals surface area contributed by atoms with Gasteiger partial charge >= 0.3 is 5.97 Å². The second kappa shape index (κ2) is 6.62. The number of carbonyl (C=O) groups is 2. The molecule has 0 aliphatic carbocycles. The molecule has 2 rings (SSSR count). The molecule has 0 aliphatic heterocycles. The molecule has 0 aliphatic rings. The summed E-state index contributed by atoms with van der Waals surface area (Å²) in [6, 6.07) is 7.38. The van der Waals surface area contributed by atoms with Gasteiger partial charge in [0.25, 0.3) is 0 Å². The number of benzene rings is 1. The highest BCUT2D eigenvalue weighted by molar-refractivity contribution is 7.18. The average Bonchev–Trinajstić information content (AvgIpc) is 2.84.